The molecule has 1 aliphatic rings. The zero-order valence-corrected chi connectivity index (χ0v) is 8.90. The summed E-state index contributed by atoms with van der Waals surface area (Å²) >= 11 is 0. The van der Waals surface area contributed by atoms with Gasteiger partial charge in [0.15, 0.2) is 11.6 Å². The number of nitrogens with zero attached hydrogens (tertiary/aromatic N) is 1. The van der Waals surface area contributed by atoms with E-state index in [2.05, 4.69) is 0 Å². The van der Waals surface area contributed by atoms with Crippen LogP contribution in [0.3, 0.4) is 0 Å². The lowest BCUT2D eigenvalue weighted by atomic mass is 10.3. The number of rotatable bonds is 2. The molecule has 0 aliphatic carbocycles. The Morgan fingerprint density at radius 3 is 2.88 bits per heavy atom. The molecule has 0 bridgehead atoms. The van der Waals surface area contributed by atoms with Crippen LogP contribution in [0.5, 0.6) is 5.75 Å². The second-order valence-corrected chi connectivity index (χ2v) is 3.83. The minimum absolute atomic E-state index is 0.172. The highest BCUT2D eigenvalue weighted by Gasteiger charge is 2.27. The molecule has 6 heteroatoms. The average molecular weight is 243 g/mol. The molecule has 1 aromatic carbocycles. The first kappa shape index (κ1) is 11.6. The predicted molar refractivity (Wildman–Crippen MR) is 55.0 cm³/mol. The Hall–Kier alpha value is -1.85. The molecule has 1 saturated heterocycles. The second-order valence-electron chi connectivity index (χ2n) is 3.83. The summed E-state index contributed by atoms with van der Waals surface area (Å²) in [5.41, 5.74) is 0. The smallest absolute Gasteiger partial charge is 0.407 e. The van der Waals surface area contributed by atoms with Crippen molar-refractivity contribution in [3.63, 3.8) is 0 Å². The molecule has 4 nitrogen and oxygen atoms in total. The molecular weight excluding hydrogens is 232 g/mol. The van der Waals surface area contributed by atoms with Gasteiger partial charge in [0.1, 0.15) is 11.9 Å². The molecule has 0 spiro atoms. The summed E-state index contributed by atoms with van der Waals surface area (Å²) in [5, 5.41) is 8.73. The van der Waals surface area contributed by atoms with Gasteiger partial charge in [0, 0.05) is 19.0 Å². The molecule has 92 valence electrons. The zero-order chi connectivity index (χ0) is 12.4. The van der Waals surface area contributed by atoms with Crippen LogP contribution in [0.4, 0.5) is 13.6 Å². The molecule has 0 unspecified atom stereocenters. The van der Waals surface area contributed by atoms with Gasteiger partial charge in [-0.3, -0.25) is 0 Å². The maximum atomic E-state index is 13.3. The SMILES string of the molecule is O=C(O)N1CC[C@@H](Oc2cc(F)ccc2F)C1. The molecule has 1 N–H and O–H groups in total. The van der Waals surface area contributed by atoms with Crippen molar-refractivity contribution in [2.45, 2.75) is 12.5 Å². The summed E-state index contributed by atoms with van der Waals surface area (Å²) in [5.74, 6) is -1.42. The topological polar surface area (TPSA) is 49.8 Å². The van der Waals surface area contributed by atoms with Gasteiger partial charge in [0.05, 0.1) is 6.54 Å². The highest BCUT2D eigenvalue weighted by molar-refractivity contribution is 5.65. The Bertz CT molecular complexity index is 439. The van der Waals surface area contributed by atoms with Gasteiger partial charge >= 0.3 is 6.09 Å². The third-order valence-electron chi connectivity index (χ3n) is 2.60. The van der Waals surface area contributed by atoms with E-state index < -0.39 is 23.8 Å². The number of benzene rings is 1. The number of likely N-dealkylation sites (tertiary alicyclic amines) is 1. The van der Waals surface area contributed by atoms with Crippen LogP contribution in [-0.4, -0.2) is 35.3 Å². The summed E-state index contributed by atoms with van der Waals surface area (Å²) < 4.78 is 31.4. The number of amides is 1. The summed E-state index contributed by atoms with van der Waals surface area (Å²) in [6.45, 7) is 0.516. The summed E-state index contributed by atoms with van der Waals surface area (Å²) in [4.78, 5) is 11.8. The molecule has 2 rings (SSSR count). The Labute approximate surface area is 96.4 Å². The Morgan fingerprint density at radius 2 is 2.24 bits per heavy atom. The van der Waals surface area contributed by atoms with E-state index in [0.717, 1.165) is 18.2 Å². The van der Waals surface area contributed by atoms with Crippen LogP contribution in [0.15, 0.2) is 18.2 Å². The van der Waals surface area contributed by atoms with Crippen molar-refractivity contribution in [2.24, 2.45) is 0 Å². The number of hydrogen-bond donors (Lipinski definition) is 1. The largest absolute Gasteiger partial charge is 0.485 e. The van der Waals surface area contributed by atoms with Crippen LogP contribution < -0.4 is 4.74 Å². The van der Waals surface area contributed by atoms with E-state index in [9.17, 15) is 13.6 Å². The normalized spacial score (nSPS) is 19.4. The molecular formula is C11H11F2NO3. The predicted octanol–water partition coefficient (Wildman–Crippen LogP) is 2.10. The van der Waals surface area contributed by atoms with Crippen LogP contribution in [0.1, 0.15) is 6.42 Å². The van der Waals surface area contributed by atoms with Crippen molar-refractivity contribution in [3.8, 4) is 5.75 Å². The van der Waals surface area contributed by atoms with Crippen LogP contribution in [0.2, 0.25) is 0 Å². The van der Waals surface area contributed by atoms with Gasteiger partial charge in [-0.25, -0.2) is 13.6 Å². The maximum absolute atomic E-state index is 13.3. The number of carbonyl (C=O) groups is 1. The molecule has 0 radical (unpaired) electrons. The minimum atomic E-state index is -1.03. The van der Waals surface area contributed by atoms with E-state index in [4.69, 9.17) is 9.84 Å². The van der Waals surface area contributed by atoms with E-state index in [1.165, 1.54) is 4.90 Å². The quantitative estimate of drug-likeness (QED) is 0.865. The fourth-order valence-corrected chi connectivity index (χ4v) is 1.75. The van der Waals surface area contributed by atoms with Crippen molar-refractivity contribution in [1.29, 1.82) is 0 Å². The van der Waals surface area contributed by atoms with Crippen LogP contribution in [-0.2, 0) is 0 Å². The fraction of sp³-hybridized carbons (Fsp3) is 0.364. The molecule has 0 saturated carbocycles. The van der Waals surface area contributed by atoms with Gasteiger partial charge in [0.2, 0.25) is 0 Å². The van der Waals surface area contributed by atoms with Gasteiger partial charge in [-0.1, -0.05) is 0 Å². The average Bonchev–Trinajstić information content (AvgIpc) is 2.72. The Balaban J connectivity index is 2.02. The lowest BCUT2D eigenvalue weighted by Gasteiger charge is -2.14. The van der Waals surface area contributed by atoms with Crippen LogP contribution >= 0.6 is 0 Å². The lowest BCUT2D eigenvalue weighted by Crippen LogP contribution is -2.29. The Morgan fingerprint density at radius 1 is 1.47 bits per heavy atom. The standard InChI is InChI=1S/C11H11F2NO3/c12-7-1-2-9(13)10(5-7)17-8-3-4-14(6-8)11(15)16/h1-2,5,8H,3-4,6H2,(H,15,16)/t8-/m1/s1. The van der Waals surface area contributed by atoms with E-state index in [-0.39, 0.29) is 12.3 Å². The van der Waals surface area contributed by atoms with Gasteiger partial charge in [-0.05, 0) is 12.1 Å². The zero-order valence-electron chi connectivity index (χ0n) is 8.90. The fourth-order valence-electron chi connectivity index (χ4n) is 1.75. The van der Waals surface area contributed by atoms with E-state index in [1.807, 2.05) is 0 Å². The molecule has 1 atom stereocenters. The van der Waals surface area contributed by atoms with Crippen molar-refractivity contribution in [1.82, 2.24) is 4.90 Å². The number of ether oxygens (including phenoxy) is 1. The van der Waals surface area contributed by atoms with Gasteiger partial charge in [-0.15, -0.1) is 0 Å². The monoisotopic (exact) mass is 243 g/mol. The molecule has 1 aromatic rings. The first-order chi connectivity index (χ1) is 8.06. The van der Waals surface area contributed by atoms with E-state index in [0.29, 0.717) is 13.0 Å². The highest BCUT2D eigenvalue weighted by atomic mass is 19.1. The van der Waals surface area contributed by atoms with Crippen molar-refractivity contribution >= 4 is 6.09 Å². The number of halogens is 2. The van der Waals surface area contributed by atoms with Crippen LogP contribution in [0, 0.1) is 11.6 Å². The molecule has 1 aliphatic heterocycles. The molecule has 1 amide bonds. The van der Waals surface area contributed by atoms with Crippen molar-refractivity contribution in [2.75, 3.05) is 13.1 Å². The first-order valence-corrected chi connectivity index (χ1v) is 5.16. The minimum Gasteiger partial charge on any atom is -0.485 e. The lowest BCUT2D eigenvalue weighted by molar-refractivity contribution is 0.144. The van der Waals surface area contributed by atoms with Crippen molar-refractivity contribution < 1.29 is 23.4 Å². The summed E-state index contributed by atoms with van der Waals surface area (Å²) in [6.07, 6.45) is -0.986. The molecule has 1 fully saturated rings. The number of carboxylic acid groups (broad SMARTS) is 1. The second kappa shape index (κ2) is 4.57. The third-order valence-corrected chi connectivity index (χ3v) is 2.60. The van der Waals surface area contributed by atoms with Crippen LogP contribution in [0.25, 0.3) is 0 Å². The first-order valence-electron chi connectivity index (χ1n) is 5.16. The third kappa shape index (κ3) is 2.64. The molecule has 17 heavy (non-hydrogen) atoms. The highest BCUT2D eigenvalue weighted by Crippen LogP contribution is 2.22. The van der Waals surface area contributed by atoms with E-state index in [1.54, 1.807) is 0 Å². The number of hydrogen-bond acceptors (Lipinski definition) is 2. The van der Waals surface area contributed by atoms with Gasteiger partial charge in [0.25, 0.3) is 0 Å². The van der Waals surface area contributed by atoms with Gasteiger partial charge < -0.3 is 14.7 Å². The van der Waals surface area contributed by atoms with E-state index >= 15 is 0 Å². The summed E-state index contributed by atoms with van der Waals surface area (Å²) in [7, 11) is 0. The maximum Gasteiger partial charge on any atom is 0.407 e. The molecule has 0 aromatic heterocycles. The molecule has 1 heterocycles. The summed E-state index contributed by atoms with van der Waals surface area (Å²) in [6, 6.07) is 2.94. The van der Waals surface area contributed by atoms with Crippen molar-refractivity contribution in [3.05, 3.63) is 29.8 Å². The Kier molecular flexibility index (Phi) is 3.12. The van der Waals surface area contributed by atoms with Gasteiger partial charge in [-0.2, -0.15) is 0 Å².